The number of anilines is 1. The topological polar surface area (TPSA) is 128 Å². The van der Waals surface area contributed by atoms with Gasteiger partial charge in [-0.2, -0.15) is 0 Å². The maximum atomic E-state index is 13.5. The molecule has 1 aromatic heterocycles. The zero-order valence-corrected chi connectivity index (χ0v) is 23.3. The maximum absolute atomic E-state index is 13.5. The third-order valence-corrected chi connectivity index (χ3v) is 6.87. The molecule has 1 heterocycles. The molecule has 4 rings (SSSR count). The first-order valence-electron chi connectivity index (χ1n) is 13.0. The number of aromatic nitrogens is 1. The van der Waals surface area contributed by atoms with Crippen LogP contribution in [0.25, 0.3) is 11.1 Å². The second-order valence-corrected chi connectivity index (χ2v) is 9.54. The Morgan fingerprint density at radius 3 is 2.50 bits per heavy atom. The first kappa shape index (κ1) is 28.4. The molecule has 1 aliphatic carbocycles. The number of rotatable bonds is 9. The van der Waals surface area contributed by atoms with Gasteiger partial charge in [-0.25, -0.2) is 0 Å². The van der Waals surface area contributed by atoms with Crippen LogP contribution in [-0.4, -0.2) is 44.2 Å². The number of fused-ring (bicyclic) bond motifs is 3. The molecule has 3 N–H and O–H groups in total. The highest BCUT2D eigenvalue weighted by Gasteiger charge is 2.29. The summed E-state index contributed by atoms with van der Waals surface area (Å²) in [6, 6.07) is 9.44. The van der Waals surface area contributed by atoms with Crippen molar-refractivity contribution in [1.29, 1.82) is 0 Å². The summed E-state index contributed by atoms with van der Waals surface area (Å²) >= 11 is 0. The second kappa shape index (κ2) is 12.5. The number of carbonyl (C=O) groups is 2. The lowest BCUT2D eigenvalue weighted by molar-refractivity contribution is -0.122. The van der Waals surface area contributed by atoms with Crippen molar-refractivity contribution in [2.24, 2.45) is 0 Å². The number of aryl methyl sites for hydroxylation is 1. The molecule has 2 atom stereocenters. The number of carbonyl (C=O) groups excluding carboxylic acids is 2. The number of pyridine rings is 1. The van der Waals surface area contributed by atoms with Gasteiger partial charge in [0, 0.05) is 31.4 Å². The molecule has 0 bridgehead atoms. The molecule has 0 saturated heterocycles. The summed E-state index contributed by atoms with van der Waals surface area (Å²) < 4.78 is 17.0. The zero-order chi connectivity index (χ0) is 28.8. The molecule has 10 nitrogen and oxygen atoms in total. The van der Waals surface area contributed by atoms with Crippen molar-refractivity contribution in [2.75, 3.05) is 26.6 Å². The predicted molar refractivity (Wildman–Crippen MR) is 152 cm³/mol. The van der Waals surface area contributed by atoms with E-state index >= 15 is 0 Å². The van der Waals surface area contributed by atoms with Gasteiger partial charge in [0.25, 0.3) is 0 Å². The lowest BCUT2D eigenvalue weighted by Crippen LogP contribution is -2.38. The molecule has 0 aliphatic heterocycles. The Bertz CT molecular complexity index is 1460. The smallest absolute Gasteiger partial charge is 0.242 e. The highest BCUT2D eigenvalue weighted by molar-refractivity contribution is 5.85. The van der Waals surface area contributed by atoms with Crippen molar-refractivity contribution in [3.8, 4) is 28.4 Å². The van der Waals surface area contributed by atoms with Gasteiger partial charge < -0.3 is 30.2 Å². The van der Waals surface area contributed by atoms with Crippen LogP contribution < -0.4 is 35.6 Å². The van der Waals surface area contributed by atoms with Gasteiger partial charge >= 0.3 is 0 Å². The molecule has 2 amide bonds. The minimum absolute atomic E-state index is 0.208. The lowest BCUT2D eigenvalue weighted by atomic mass is 9.95. The first-order valence-corrected chi connectivity index (χ1v) is 13.0. The van der Waals surface area contributed by atoms with Gasteiger partial charge in [0.1, 0.15) is 6.04 Å². The first-order chi connectivity index (χ1) is 19.3. The van der Waals surface area contributed by atoms with E-state index in [1.54, 1.807) is 45.7 Å². The van der Waals surface area contributed by atoms with Crippen molar-refractivity contribution >= 4 is 17.5 Å². The Labute approximate surface area is 233 Å². The van der Waals surface area contributed by atoms with E-state index in [-0.39, 0.29) is 22.9 Å². The fraction of sp³-hybridized carbons (Fsp3) is 0.333. The van der Waals surface area contributed by atoms with E-state index in [2.05, 4.69) is 20.9 Å². The number of methoxy groups -OCH3 is 3. The fourth-order valence-electron chi connectivity index (χ4n) is 4.97. The van der Waals surface area contributed by atoms with E-state index in [1.807, 2.05) is 18.2 Å². The number of amides is 2. The van der Waals surface area contributed by atoms with Gasteiger partial charge in [-0.05, 0) is 66.3 Å². The fourth-order valence-corrected chi connectivity index (χ4v) is 4.97. The SMILES string of the molecule is COc1cc2c(c(OC)c1OC)-c1ccc(N[C@H](C)C(=O)NCc3cccnc3)c(=O)cc1[C@H](NC(C)=O)CC2. The van der Waals surface area contributed by atoms with E-state index in [0.29, 0.717) is 47.8 Å². The minimum atomic E-state index is -0.691. The summed E-state index contributed by atoms with van der Waals surface area (Å²) in [4.78, 5) is 42.4. The summed E-state index contributed by atoms with van der Waals surface area (Å²) in [5.41, 5.74) is 3.85. The van der Waals surface area contributed by atoms with E-state index in [0.717, 1.165) is 16.7 Å². The number of nitrogens with one attached hydrogen (secondary N) is 3. The van der Waals surface area contributed by atoms with E-state index in [1.165, 1.54) is 20.1 Å². The number of hydrogen-bond acceptors (Lipinski definition) is 8. The van der Waals surface area contributed by atoms with Crippen LogP contribution >= 0.6 is 0 Å². The Morgan fingerprint density at radius 1 is 1.07 bits per heavy atom. The molecular weight excluding hydrogens is 512 g/mol. The van der Waals surface area contributed by atoms with Crippen LogP contribution in [0.3, 0.4) is 0 Å². The predicted octanol–water partition coefficient (Wildman–Crippen LogP) is 3.37. The number of benzene rings is 1. The molecule has 10 heteroatoms. The zero-order valence-electron chi connectivity index (χ0n) is 23.3. The minimum Gasteiger partial charge on any atom is -0.493 e. The maximum Gasteiger partial charge on any atom is 0.242 e. The van der Waals surface area contributed by atoms with Gasteiger partial charge in [0.05, 0.1) is 33.1 Å². The number of ether oxygens (including phenoxy) is 3. The van der Waals surface area contributed by atoms with Crippen molar-refractivity contribution in [1.82, 2.24) is 15.6 Å². The van der Waals surface area contributed by atoms with Gasteiger partial charge in [-0.1, -0.05) is 12.1 Å². The van der Waals surface area contributed by atoms with Crippen molar-refractivity contribution in [2.45, 2.75) is 45.3 Å². The van der Waals surface area contributed by atoms with Crippen molar-refractivity contribution in [3.05, 3.63) is 75.7 Å². The standard InChI is InChI=1S/C30H34N4O6/c1-17(30(37)32-16-19-7-6-12-31-15-19)33-24-11-9-21-22(14-25(24)36)23(34-18(2)35)10-8-20-13-26(38-3)28(39-4)29(40-5)27(20)21/h6-7,9,11-15,17,23H,8,10,16H2,1-5H3,(H,32,37)(H,33,36)(H,34,35)/t17-,23-/m1/s1. The van der Waals surface area contributed by atoms with Gasteiger partial charge in [0.2, 0.25) is 23.0 Å². The van der Waals surface area contributed by atoms with Crippen LogP contribution in [-0.2, 0) is 22.6 Å². The van der Waals surface area contributed by atoms with Crippen LogP contribution in [0, 0.1) is 0 Å². The third kappa shape index (κ3) is 6.01. The molecule has 0 saturated carbocycles. The molecule has 0 radical (unpaired) electrons. The van der Waals surface area contributed by atoms with Gasteiger partial charge in [-0.3, -0.25) is 19.4 Å². The van der Waals surface area contributed by atoms with E-state index in [9.17, 15) is 14.4 Å². The highest BCUT2D eigenvalue weighted by Crippen LogP contribution is 2.50. The Morgan fingerprint density at radius 2 is 1.85 bits per heavy atom. The van der Waals surface area contributed by atoms with Crippen LogP contribution in [0.15, 0.2) is 53.6 Å². The second-order valence-electron chi connectivity index (χ2n) is 9.54. The van der Waals surface area contributed by atoms with Gasteiger partial charge in [0.15, 0.2) is 11.5 Å². The summed E-state index contributed by atoms with van der Waals surface area (Å²) in [5.74, 6) is 0.948. The number of hydrogen-bond donors (Lipinski definition) is 3. The van der Waals surface area contributed by atoms with Crippen LogP contribution in [0.5, 0.6) is 17.2 Å². The quantitative estimate of drug-likeness (QED) is 0.373. The van der Waals surface area contributed by atoms with Crippen LogP contribution in [0.1, 0.15) is 43.0 Å². The summed E-state index contributed by atoms with van der Waals surface area (Å²) in [6.45, 7) is 3.45. The molecule has 0 spiro atoms. The third-order valence-electron chi connectivity index (χ3n) is 6.87. The highest BCUT2D eigenvalue weighted by atomic mass is 16.5. The Hall–Kier alpha value is -4.60. The van der Waals surface area contributed by atoms with E-state index in [4.69, 9.17) is 14.2 Å². The number of nitrogens with zero attached hydrogens (tertiary/aromatic N) is 1. The summed E-state index contributed by atoms with van der Waals surface area (Å²) in [5, 5.41) is 8.90. The average molecular weight is 547 g/mol. The largest absolute Gasteiger partial charge is 0.493 e. The van der Waals surface area contributed by atoms with E-state index < -0.39 is 12.1 Å². The molecule has 2 aromatic carbocycles. The lowest BCUT2D eigenvalue weighted by Gasteiger charge is -2.19. The van der Waals surface area contributed by atoms with Gasteiger partial charge in [-0.15, -0.1) is 0 Å². The molecule has 40 heavy (non-hydrogen) atoms. The molecule has 0 fully saturated rings. The molecule has 210 valence electrons. The molecule has 0 unspecified atom stereocenters. The Kier molecular flexibility index (Phi) is 8.88. The average Bonchev–Trinajstić information content (AvgIpc) is 3.19. The Balaban J connectivity index is 1.76. The normalized spacial score (nSPS) is 14.5. The molecule has 3 aromatic rings. The van der Waals surface area contributed by atoms with Crippen LogP contribution in [0.4, 0.5) is 5.69 Å². The molecular formula is C30H34N4O6. The van der Waals surface area contributed by atoms with Crippen molar-refractivity contribution in [3.63, 3.8) is 0 Å². The summed E-state index contributed by atoms with van der Waals surface area (Å²) in [6.07, 6.45) is 4.50. The van der Waals surface area contributed by atoms with Crippen molar-refractivity contribution < 1.29 is 23.8 Å². The van der Waals surface area contributed by atoms with Crippen LogP contribution in [0.2, 0.25) is 0 Å². The molecule has 1 aliphatic rings. The monoisotopic (exact) mass is 546 g/mol. The summed E-state index contributed by atoms with van der Waals surface area (Å²) in [7, 11) is 4.65.